The molecular weight excluding hydrogens is 460 g/mol. The quantitative estimate of drug-likeness (QED) is 0.219. The molecule has 0 aliphatic rings. The summed E-state index contributed by atoms with van der Waals surface area (Å²) >= 11 is 0. The summed E-state index contributed by atoms with van der Waals surface area (Å²) in [7, 11) is 3.11. The fourth-order valence-corrected chi connectivity index (χ4v) is 3.45. The van der Waals surface area contributed by atoms with Crippen molar-refractivity contribution < 1.29 is 19.3 Å². The van der Waals surface area contributed by atoms with E-state index in [9.17, 15) is 20.2 Å². The summed E-state index contributed by atoms with van der Waals surface area (Å²) in [4.78, 5) is 20.8. The van der Waals surface area contributed by atoms with Gasteiger partial charge in [-0.05, 0) is 59.3 Å². The second-order valence-electron chi connectivity index (χ2n) is 7.56. The summed E-state index contributed by atoms with van der Waals surface area (Å²) in [5.74, 6) is 13.3. The third-order valence-electron chi connectivity index (χ3n) is 5.32. The number of benzene rings is 4. The molecule has 4 rings (SSSR count). The van der Waals surface area contributed by atoms with Crippen molar-refractivity contribution >= 4 is 22.1 Å². The zero-order chi connectivity index (χ0) is 25.7. The molecule has 0 heterocycles. The molecular formula is C28H18N2O6. The maximum atomic E-state index is 10.8. The van der Waals surface area contributed by atoms with E-state index < -0.39 is 9.85 Å². The molecule has 0 unspecified atom stereocenters. The zero-order valence-corrected chi connectivity index (χ0v) is 19.3. The Labute approximate surface area is 206 Å². The molecule has 0 N–H and O–H groups in total. The van der Waals surface area contributed by atoms with E-state index in [2.05, 4.69) is 23.7 Å². The molecule has 0 bridgehead atoms. The minimum atomic E-state index is -0.458. The highest BCUT2D eigenvalue weighted by Crippen LogP contribution is 2.31. The number of hydrogen-bond acceptors (Lipinski definition) is 6. The number of nitrogens with zero attached hydrogens (tertiary/aromatic N) is 2. The Morgan fingerprint density at radius 3 is 1.28 bits per heavy atom. The third kappa shape index (κ3) is 5.24. The molecule has 0 saturated heterocycles. The highest BCUT2D eigenvalue weighted by atomic mass is 16.6. The fourth-order valence-electron chi connectivity index (χ4n) is 3.45. The summed E-state index contributed by atoms with van der Waals surface area (Å²) in [6.07, 6.45) is 0. The number of ether oxygens (including phenoxy) is 2. The lowest BCUT2D eigenvalue weighted by Crippen LogP contribution is -1.92. The van der Waals surface area contributed by atoms with Crippen LogP contribution in [0.15, 0.2) is 72.8 Å². The van der Waals surface area contributed by atoms with Crippen LogP contribution in [0.1, 0.15) is 22.3 Å². The van der Waals surface area contributed by atoms with Gasteiger partial charge >= 0.3 is 0 Å². The average molecular weight is 478 g/mol. The van der Waals surface area contributed by atoms with Gasteiger partial charge in [0.25, 0.3) is 11.4 Å². The van der Waals surface area contributed by atoms with Gasteiger partial charge in [-0.15, -0.1) is 0 Å². The molecule has 176 valence electrons. The topological polar surface area (TPSA) is 105 Å². The van der Waals surface area contributed by atoms with E-state index in [0.717, 1.165) is 10.8 Å². The van der Waals surface area contributed by atoms with Crippen molar-refractivity contribution in [3.8, 4) is 35.2 Å². The van der Waals surface area contributed by atoms with Crippen molar-refractivity contribution in [2.45, 2.75) is 0 Å². The van der Waals surface area contributed by atoms with Crippen LogP contribution in [-0.2, 0) is 0 Å². The molecule has 36 heavy (non-hydrogen) atoms. The Morgan fingerprint density at radius 2 is 0.944 bits per heavy atom. The first-order valence-corrected chi connectivity index (χ1v) is 10.6. The van der Waals surface area contributed by atoms with E-state index >= 15 is 0 Å². The van der Waals surface area contributed by atoms with Gasteiger partial charge in [0.05, 0.1) is 35.2 Å². The van der Waals surface area contributed by atoms with Gasteiger partial charge in [-0.25, -0.2) is 0 Å². The van der Waals surface area contributed by atoms with Crippen LogP contribution in [0, 0.1) is 43.9 Å². The molecule has 0 atom stereocenters. The Bertz CT molecular complexity index is 1480. The summed E-state index contributed by atoms with van der Waals surface area (Å²) in [6.45, 7) is 0. The summed E-state index contributed by atoms with van der Waals surface area (Å²) in [5, 5.41) is 23.4. The lowest BCUT2D eigenvalue weighted by atomic mass is 10.0. The van der Waals surface area contributed by atoms with Crippen LogP contribution in [0.25, 0.3) is 10.8 Å². The van der Waals surface area contributed by atoms with E-state index in [1.54, 1.807) is 38.5 Å². The van der Waals surface area contributed by atoms with E-state index in [1.807, 2.05) is 24.3 Å². The van der Waals surface area contributed by atoms with E-state index in [-0.39, 0.29) is 11.4 Å². The van der Waals surface area contributed by atoms with E-state index in [1.165, 1.54) is 24.3 Å². The van der Waals surface area contributed by atoms with Crippen molar-refractivity contribution in [2.24, 2.45) is 0 Å². The molecule has 8 heteroatoms. The Morgan fingerprint density at radius 1 is 0.583 bits per heavy atom. The number of non-ortho nitro benzene ring substituents is 2. The Hall–Kier alpha value is -5.34. The van der Waals surface area contributed by atoms with Crippen LogP contribution in [0.4, 0.5) is 11.4 Å². The van der Waals surface area contributed by atoms with Crippen molar-refractivity contribution in [1.82, 2.24) is 0 Å². The van der Waals surface area contributed by atoms with Gasteiger partial charge in [0.15, 0.2) is 0 Å². The van der Waals surface area contributed by atoms with Gasteiger partial charge in [-0.1, -0.05) is 23.7 Å². The molecule has 0 saturated carbocycles. The first kappa shape index (κ1) is 23.8. The van der Waals surface area contributed by atoms with Crippen LogP contribution in [0.2, 0.25) is 0 Å². The van der Waals surface area contributed by atoms with Crippen LogP contribution < -0.4 is 9.47 Å². The average Bonchev–Trinajstić information content (AvgIpc) is 2.90. The molecule has 0 aliphatic carbocycles. The molecule has 0 amide bonds. The number of fused-ring (bicyclic) bond motifs is 1. The predicted octanol–water partition coefficient (Wildman–Crippen LogP) is 5.47. The molecule has 4 aromatic rings. The molecule has 0 fully saturated rings. The minimum absolute atomic E-state index is 0.000137. The second kappa shape index (κ2) is 10.3. The number of nitro groups is 2. The molecule has 0 aromatic heterocycles. The number of methoxy groups -OCH3 is 2. The maximum Gasteiger partial charge on any atom is 0.269 e. The van der Waals surface area contributed by atoms with Crippen molar-refractivity contribution in [3.05, 3.63) is 115 Å². The Balaban J connectivity index is 1.72. The highest BCUT2D eigenvalue weighted by Gasteiger charge is 2.09. The lowest BCUT2D eigenvalue weighted by Gasteiger charge is -2.10. The summed E-state index contributed by atoms with van der Waals surface area (Å²) in [5.41, 5.74) is 2.55. The monoisotopic (exact) mass is 478 g/mol. The predicted molar refractivity (Wildman–Crippen MR) is 135 cm³/mol. The molecule has 4 aromatic carbocycles. The van der Waals surface area contributed by atoms with Gasteiger partial charge in [0, 0.05) is 35.4 Å². The standard InChI is InChI=1S/C28H18N2O6/c1-35-27-17-24-18-28(36-2)22(10-4-20-7-13-26(14-8-20)30(33)34)16-23(24)15-21(27)9-3-19-5-11-25(12-6-19)29(31)32/h5-8,11-18H,1-2H3. The second-order valence-corrected chi connectivity index (χ2v) is 7.56. The number of nitro benzene ring substituents is 2. The largest absolute Gasteiger partial charge is 0.495 e. The lowest BCUT2D eigenvalue weighted by molar-refractivity contribution is -0.385. The van der Waals surface area contributed by atoms with Crippen molar-refractivity contribution in [1.29, 1.82) is 0 Å². The van der Waals surface area contributed by atoms with Crippen molar-refractivity contribution in [3.63, 3.8) is 0 Å². The number of hydrogen-bond donors (Lipinski definition) is 0. The summed E-state index contributed by atoms with van der Waals surface area (Å²) in [6, 6.07) is 19.5. The highest BCUT2D eigenvalue weighted by molar-refractivity contribution is 5.89. The van der Waals surface area contributed by atoms with Crippen molar-refractivity contribution in [2.75, 3.05) is 14.2 Å². The molecule has 0 radical (unpaired) electrons. The van der Waals surface area contributed by atoms with Crippen LogP contribution in [0.5, 0.6) is 11.5 Å². The smallest absolute Gasteiger partial charge is 0.269 e. The molecule has 0 aliphatic heterocycles. The van der Waals surface area contributed by atoms with Gasteiger partial charge in [-0.3, -0.25) is 20.2 Å². The SMILES string of the molecule is COc1cc2cc(OC)c(C#Cc3ccc([N+](=O)[O-])cc3)cc2cc1C#Cc1ccc([N+](=O)[O-])cc1. The normalized spacial score (nSPS) is 9.94. The summed E-state index contributed by atoms with van der Waals surface area (Å²) < 4.78 is 11.0. The van der Waals surface area contributed by atoms with Gasteiger partial charge in [0.1, 0.15) is 11.5 Å². The maximum absolute atomic E-state index is 10.8. The van der Waals surface area contributed by atoms with Gasteiger partial charge in [0.2, 0.25) is 0 Å². The van der Waals surface area contributed by atoms with Crippen LogP contribution in [-0.4, -0.2) is 24.1 Å². The first-order valence-electron chi connectivity index (χ1n) is 10.6. The zero-order valence-electron chi connectivity index (χ0n) is 19.3. The Kier molecular flexibility index (Phi) is 6.80. The third-order valence-corrected chi connectivity index (χ3v) is 5.32. The molecule has 0 spiro atoms. The minimum Gasteiger partial charge on any atom is -0.495 e. The molecule has 8 nitrogen and oxygen atoms in total. The van der Waals surface area contributed by atoms with Crippen LogP contribution in [0.3, 0.4) is 0 Å². The van der Waals surface area contributed by atoms with E-state index in [0.29, 0.717) is 33.8 Å². The fraction of sp³-hybridized carbons (Fsp3) is 0.0714. The first-order chi connectivity index (χ1) is 17.4. The van der Waals surface area contributed by atoms with E-state index in [4.69, 9.17) is 9.47 Å². The van der Waals surface area contributed by atoms with Gasteiger partial charge < -0.3 is 9.47 Å². The number of rotatable bonds is 4. The van der Waals surface area contributed by atoms with Gasteiger partial charge in [-0.2, -0.15) is 0 Å². The van der Waals surface area contributed by atoms with Crippen LogP contribution >= 0.6 is 0 Å².